The van der Waals surface area contributed by atoms with E-state index in [9.17, 15) is 0 Å². The van der Waals surface area contributed by atoms with Gasteiger partial charge in [-0.1, -0.05) is 13.3 Å². The van der Waals surface area contributed by atoms with Gasteiger partial charge in [-0.25, -0.2) is 9.97 Å². The van der Waals surface area contributed by atoms with Crippen molar-refractivity contribution in [3.63, 3.8) is 0 Å². The standard InChI is InChI=1S/C12H22N4/c1-6-7-12(3,4)16-11-9(2)10(13-5)14-8-15-11/h8H,6-7H2,1-5H3,(H2,13,14,15,16). The minimum absolute atomic E-state index is 0.0683. The Morgan fingerprint density at radius 3 is 2.44 bits per heavy atom. The summed E-state index contributed by atoms with van der Waals surface area (Å²) in [5, 5.41) is 6.53. The van der Waals surface area contributed by atoms with Crippen LogP contribution in [-0.2, 0) is 0 Å². The van der Waals surface area contributed by atoms with Crippen LogP contribution >= 0.6 is 0 Å². The molecule has 0 aliphatic carbocycles. The van der Waals surface area contributed by atoms with E-state index >= 15 is 0 Å². The third-order valence-corrected chi connectivity index (χ3v) is 2.65. The lowest BCUT2D eigenvalue weighted by atomic mass is 9.99. The Bertz CT molecular complexity index is 347. The van der Waals surface area contributed by atoms with Crippen LogP contribution in [0.2, 0.25) is 0 Å². The van der Waals surface area contributed by atoms with E-state index in [0.717, 1.165) is 30.0 Å². The molecule has 0 saturated heterocycles. The largest absolute Gasteiger partial charge is 0.373 e. The molecule has 4 nitrogen and oxygen atoms in total. The van der Waals surface area contributed by atoms with E-state index in [4.69, 9.17) is 0 Å². The van der Waals surface area contributed by atoms with Crippen LogP contribution in [0, 0.1) is 6.92 Å². The van der Waals surface area contributed by atoms with Gasteiger partial charge in [-0.05, 0) is 27.2 Å². The van der Waals surface area contributed by atoms with Crippen molar-refractivity contribution in [3.8, 4) is 0 Å². The van der Waals surface area contributed by atoms with Crippen LogP contribution in [0.25, 0.3) is 0 Å². The van der Waals surface area contributed by atoms with Crippen molar-refractivity contribution in [2.45, 2.75) is 46.1 Å². The highest BCUT2D eigenvalue weighted by Gasteiger charge is 2.18. The van der Waals surface area contributed by atoms with E-state index in [2.05, 4.69) is 41.4 Å². The fourth-order valence-electron chi connectivity index (χ4n) is 1.84. The second kappa shape index (κ2) is 5.14. The van der Waals surface area contributed by atoms with Gasteiger partial charge in [-0.2, -0.15) is 0 Å². The van der Waals surface area contributed by atoms with Gasteiger partial charge in [0.05, 0.1) is 0 Å². The molecule has 0 amide bonds. The topological polar surface area (TPSA) is 49.8 Å². The molecule has 0 atom stereocenters. The summed E-state index contributed by atoms with van der Waals surface area (Å²) in [5.74, 6) is 1.79. The Hall–Kier alpha value is -1.32. The molecule has 16 heavy (non-hydrogen) atoms. The lowest BCUT2D eigenvalue weighted by Crippen LogP contribution is -2.31. The number of hydrogen-bond donors (Lipinski definition) is 2. The van der Waals surface area contributed by atoms with Crippen molar-refractivity contribution in [2.75, 3.05) is 17.7 Å². The number of rotatable bonds is 5. The Morgan fingerprint density at radius 1 is 1.25 bits per heavy atom. The summed E-state index contributed by atoms with van der Waals surface area (Å²) in [5.41, 5.74) is 1.13. The third kappa shape index (κ3) is 3.08. The van der Waals surface area contributed by atoms with Crippen molar-refractivity contribution in [1.29, 1.82) is 0 Å². The number of nitrogens with zero attached hydrogens (tertiary/aromatic N) is 2. The van der Waals surface area contributed by atoms with Gasteiger partial charge in [0.15, 0.2) is 0 Å². The Morgan fingerprint density at radius 2 is 1.88 bits per heavy atom. The summed E-state index contributed by atoms with van der Waals surface area (Å²) in [7, 11) is 1.87. The maximum absolute atomic E-state index is 4.29. The van der Waals surface area contributed by atoms with E-state index < -0.39 is 0 Å². The van der Waals surface area contributed by atoms with Crippen LogP contribution in [0.4, 0.5) is 11.6 Å². The average molecular weight is 222 g/mol. The van der Waals surface area contributed by atoms with Gasteiger partial charge >= 0.3 is 0 Å². The monoisotopic (exact) mass is 222 g/mol. The molecule has 0 bridgehead atoms. The first-order valence-electron chi connectivity index (χ1n) is 5.77. The van der Waals surface area contributed by atoms with Crippen molar-refractivity contribution in [2.24, 2.45) is 0 Å². The quantitative estimate of drug-likeness (QED) is 0.804. The molecule has 0 aromatic carbocycles. The first kappa shape index (κ1) is 12.7. The predicted octanol–water partition coefficient (Wildman–Crippen LogP) is 2.82. The van der Waals surface area contributed by atoms with Crippen molar-refractivity contribution < 1.29 is 0 Å². The number of nitrogens with one attached hydrogen (secondary N) is 2. The van der Waals surface area contributed by atoms with E-state index in [-0.39, 0.29) is 5.54 Å². The van der Waals surface area contributed by atoms with Gasteiger partial charge in [0.25, 0.3) is 0 Å². The molecule has 0 radical (unpaired) electrons. The van der Waals surface area contributed by atoms with Crippen molar-refractivity contribution in [3.05, 3.63) is 11.9 Å². The van der Waals surface area contributed by atoms with E-state index in [1.54, 1.807) is 6.33 Å². The molecule has 1 rings (SSSR count). The number of aromatic nitrogens is 2. The summed E-state index contributed by atoms with van der Waals surface area (Å²) in [6.45, 7) is 8.60. The molecule has 0 aliphatic rings. The van der Waals surface area contributed by atoms with Gasteiger partial charge in [-0.15, -0.1) is 0 Å². The van der Waals surface area contributed by atoms with Crippen LogP contribution in [0.1, 0.15) is 39.2 Å². The third-order valence-electron chi connectivity index (χ3n) is 2.65. The normalized spacial score (nSPS) is 11.3. The highest BCUT2D eigenvalue weighted by molar-refractivity contribution is 5.56. The molecular formula is C12H22N4. The Labute approximate surface area is 97.9 Å². The maximum Gasteiger partial charge on any atom is 0.134 e. The molecule has 0 spiro atoms. The summed E-state index contributed by atoms with van der Waals surface area (Å²) in [6, 6.07) is 0. The van der Waals surface area contributed by atoms with Crippen LogP contribution in [0.5, 0.6) is 0 Å². The fourth-order valence-corrected chi connectivity index (χ4v) is 1.84. The predicted molar refractivity (Wildman–Crippen MR) is 68.9 cm³/mol. The summed E-state index contributed by atoms with van der Waals surface area (Å²) in [6.07, 6.45) is 3.86. The van der Waals surface area contributed by atoms with E-state index in [1.807, 2.05) is 14.0 Å². The highest BCUT2D eigenvalue weighted by atomic mass is 15.1. The summed E-state index contributed by atoms with van der Waals surface area (Å²) < 4.78 is 0. The second-order valence-corrected chi connectivity index (χ2v) is 4.70. The molecule has 0 aliphatic heterocycles. The first-order valence-corrected chi connectivity index (χ1v) is 5.77. The fraction of sp³-hybridized carbons (Fsp3) is 0.667. The number of hydrogen-bond acceptors (Lipinski definition) is 4. The molecule has 0 saturated carbocycles. The Kier molecular flexibility index (Phi) is 4.10. The Balaban J connectivity index is 2.89. The van der Waals surface area contributed by atoms with Crippen LogP contribution < -0.4 is 10.6 Å². The average Bonchev–Trinajstić information content (AvgIpc) is 2.21. The van der Waals surface area contributed by atoms with Crippen LogP contribution in [0.15, 0.2) is 6.33 Å². The van der Waals surface area contributed by atoms with E-state index in [0.29, 0.717) is 0 Å². The van der Waals surface area contributed by atoms with Gasteiger partial charge in [0.2, 0.25) is 0 Å². The molecule has 4 heteroatoms. The minimum atomic E-state index is 0.0683. The molecule has 0 fully saturated rings. The van der Waals surface area contributed by atoms with Crippen LogP contribution in [-0.4, -0.2) is 22.6 Å². The summed E-state index contributed by atoms with van der Waals surface area (Å²) in [4.78, 5) is 8.46. The summed E-state index contributed by atoms with van der Waals surface area (Å²) >= 11 is 0. The highest BCUT2D eigenvalue weighted by Crippen LogP contribution is 2.23. The minimum Gasteiger partial charge on any atom is -0.373 e. The van der Waals surface area contributed by atoms with Gasteiger partial charge in [-0.3, -0.25) is 0 Å². The van der Waals surface area contributed by atoms with E-state index in [1.165, 1.54) is 0 Å². The smallest absolute Gasteiger partial charge is 0.134 e. The molecule has 1 heterocycles. The number of anilines is 2. The lowest BCUT2D eigenvalue weighted by Gasteiger charge is -2.27. The molecule has 1 aromatic heterocycles. The van der Waals surface area contributed by atoms with Crippen LogP contribution in [0.3, 0.4) is 0 Å². The molecule has 90 valence electrons. The van der Waals surface area contributed by atoms with Gasteiger partial charge in [0.1, 0.15) is 18.0 Å². The second-order valence-electron chi connectivity index (χ2n) is 4.70. The zero-order valence-electron chi connectivity index (χ0n) is 10.9. The zero-order valence-corrected chi connectivity index (χ0v) is 10.9. The van der Waals surface area contributed by atoms with Gasteiger partial charge in [0, 0.05) is 18.2 Å². The zero-order chi connectivity index (χ0) is 12.2. The molecule has 2 N–H and O–H groups in total. The molecule has 1 aromatic rings. The van der Waals surface area contributed by atoms with Crippen molar-refractivity contribution in [1.82, 2.24) is 9.97 Å². The maximum atomic E-state index is 4.29. The first-order chi connectivity index (χ1) is 7.50. The van der Waals surface area contributed by atoms with Gasteiger partial charge < -0.3 is 10.6 Å². The lowest BCUT2D eigenvalue weighted by molar-refractivity contribution is 0.508. The van der Waals surface area contributed by atoms with Crippen molar-refractivity contribution >= 4 is 11.6 Å². The SMILES string of the molecule is CCCC(C)(C)Nc1ncnc(NC)c1C. The molecule has 0 unspecified atom stereocenters. The molecular weight excluding hydrogens is 200 g/mol.